The lowest BCUT2D eigenvalue weighted by Crippen LogP contribution is -2.39. The number of esters is 2. The first-order valence-corrected chi connectivity index (χ1v) is 8.15. The smallest absolute Gasteiger partial charge is 0.320 e. The van der Waals surface area contributed by atoms with Gasteiger partial charge >= 0.3 is 11.9 Å². The van der Waals surface area contributed by atoms with Crippen molar-refractivity contribution in [2.45, 2.75) is 60.3 Å². The second-order valence-electron chi connectivity index (χ2n) is 6.86. The summed E-state index contributed by atoms with van der Waals surface area (Å²) in [6.45, 7) is 10.6. The van der Waals surface area contributed by atoms with Gasteiger partial charge in [0.15, 0.2) is 5.92 Å². The van der Waals surface area contributed by atoms with E-state index in [4.69, 9.17) is 9.47 Å². The summed E-state index contributed by atoms with van der Waals surface area (Å²) in [6, 6.07) is 0. The number of ether oxygens (including phenoxy) is 2. The molecule has 1 aliphatic carbocycles. The van der Waals surface area contributed by atoms with Gasteiger partial charge in [0.25, 0.3) is 0 Å². The van der Waals surface area contributed by atoms with Crippen molar-refractivity contribution < 1.29 is 19.1 Å². The van der Waals surface area contributed by atoms with Gasteiger partial charge in [-0.1, -0.05) is 33.6 Å². The molecule has 122 valence electrons. The van der Waals surface area contributed by atoms with Crippen LogP contribution >= 0.6 is 0 Å². The largest absolute Gasteiger partial charge is 0.465 e. The van der Waals surface area contributed by atoms with Gasteiger partial charge in [0, 0.05) is 0 Å². The lowest BCUT2D eigenvalue weighted by Gasteiger charge is -2.39. The molecule has 0 aromatic heterocycles. The summed E-state index contributed by atoms with van der Waals surface area (Å²) in [5.41, 5.74) is 0.283. The number of hydrogen-bond donors (Lipinski definition) is 0. The van der Waals surface area contributed by atoms with Gasteiger partial charge < -0.3 is 9.47 Å². The first kappa shape index (κ1) is 18.0. The minimum Gasteiger partial charge on any atom is -0.465 e. The van der Waals surface area contributed by atoms with Crippen molar-refractivity contribution in [3.05, 3.63) is 0 Å². The molecule has 4 nitrogen and oxygen atoms in total. The van der Waals surface area contributed by atoms with Gasteiger partial charge in [-0.05, 0) is 43.9 Å². The third kappa shape index (κ3) is 5.01. The first-order valence-electron chi connectivity index (χ1n) is 8.15. The summed E-state index contributed by atoms with van der Waals surface area (Å²) < 4.78 is 10.2. The quantitative estimate of drug-likeness (QED) is 0.555. The molecule has 0 spiro atoms. The lowest BCUT2D eigenvalue weighted by atomic mass is 9.66. The Kier molecular flexibility index (Phi) is 6.69. The molecule has 0 bridgehead atoms. The average Bonchev–Trinajstić information content (AvgIpc) is 2.38. The van der Waals surface area contributed by atoms with Crippen molar-refractivity contribution in [2.75, 3.05) is 13.2 Å². The molecule has 0 aliphatic heterocycles. The fourth-order valence-corrected chi connectivity index (χ4v) is 3.47. The minimum atomic E-state index is -0.788. The monoisotopic (exact) mass is 298 g/mol. The van der Waals surface area contributed by atoms with E-state index in [1.165, 1.54) is 6.42 Å². The van der Waals surface area contributed by atoms with Crippen LogP contribution in [0.25, 0.3) is 0 Å². The number of rotatable bonds is 6. The maximum absolute atomic E-state index is 12.2. The summed E-state index contributed by atoms with van der Waals surface area (Å²) in [5, 5.41) is 0. The maximum Gasteiger partial charge on any atom is 0.320 e. The maximum atomic E-state index is 12.2. The van der Waals surface area contributed by atoms with E-state index in [9.17, 15) is 9.59 Å². The zero-order valence-corrected chi connectivity index (χ0v) is 14.1. The molecule has 0 aromatic carbocycles. The van der Waals surface area contributed by atoms with Gasteiger partial charge in [0.1, 0.15) is 0 Å². The van der Waals surface area contributed by atoms with Crippen LogP contribution in [0.15, 0.2) is 0 Å². The van der Waals surface area contributed by atoms with E-state index in [0.717, 1.165) is 19.3 Å². The van der Waals surface area contributed by atoms with Crippen LogP contribution in [0.4, 0.5) is 0 Å². The van der Waals surface area contributed by atoms with Crippen LogP contribution in [0.2, 0.25) is 0 Å². The van der Waals surface area contributed by atoms with Crippen LogP contribution in [-0.2, 0) is 19.1 Å². The molecule has 21 heavy (non-hydrogen) atoms. The predicted octanol–water partition coefficient (Wildman–Crippen LogP) is 3.58. The normalized spacial score (nSPS) is 22.7. The molecule has 0 heterocycles. The zero-order chi connectivity index (χ0) is 16.0. The van der Waals surface area contributed by atoms with Crippen LogP contribution in [0, 0.1) is 23.2 Å². The Bertz CT molecular complexity index is 344. The molecule has 1 rings (SSSR count). The first-order chi connectivity index (χ1) is 9.82. The summed E-state index contributed by atoms with van der Waals surface area (Å²) >= 11 is 0. The molecule has 0 radical (unpaired) electrons. The van der Waals surface area contributed by atoms with Gasteiger partial charge in [-0.2, -0.15) is 0 Å². The third-order valence-corrected chi connectivity index (χ3v) is 4.59. The highest BCUT2D eigenvalue weighted by molar-refractivity contribution is 5.95. The summed E-state index contributed by atoms with van der Waals surface area (Å²) in [6.07, 6.45) is 4.48. The fourth-order valence-electron chi connectivity index (χ4n) is 3.47. The average molecular weight is 298 g/mol. The molecule has 4 heteroatoms. The molecule has 1 saturated carbocycles. The highest BCUT2D eigenvalue weighted by atomic mass is 16.6. The Morgan fingerprint density at radius 2 is 1.67 bits per heavy atom. The highest BCUT2D eigenvalue weighted by Crippen LogP contribution is 2.43. The van der Waals surface area contributed by atoms with Crippen molar-refractivity contribution >= 4 is 11.9 Å². The van der Waals surface area contributed by atoms with Gasteiger partial charge in [0.2, 0.25) is 0 Å². The molecule has 0 unspecified atom stereocenters. The Morgan fingerprint density at radius 1 is 1.14 bits per heavy atom. The summed E-state index contributed by atoms with van der Waals surface area (Å²) in [4.78, 5) is 24.4. The second-order valence-corrected chi connectivity index (χ2v) is 6.86. The Morgan fingerprint density at radius 3 is 2.10 bits per heavy atom. The van der Waals surface area contributed by atoms with Crippen molar-refractivity contribution in [2.24, 2.45) is 23.2 Å². The van der Waals surface area contributed by atoms with Crippen LogP contribution in [0.3, 0.4) is 0 Å². The molecule has 0 saturated heterocycles. The van der Waals surface area contributed by atoms with Gasteiger partial charge in [-0.15, -0.1) is 0 Å². The van der Waals surface area contributed by atoms with Gasteiger partial charge in [-0.3, -0.25) is 9.59 Å². The topological polar surface area (TPSA) is 52.6 Å². The summed E-state index contributed by atoms with van der Waals surface area (Å²) in [5.74, 6) is -1.34. The van der Waals surface area contributed by atoms with Crippen LogP contribution in [0.5, 0.6) is 0 Å². The molecular formula is C17H30O4. The molecule has 0 aromatic rings. The Balaban J connectivity index is 2.85. The highest BCUT2D eigenvalue weighted by Gasteiger charge is 2.41. The second kappa shape index (κ2) is 7.81. The van der Waals surface area contributed by atoms with E-state index < -0.39 is 17.9 Å². The van der Waals surface area contributed by atoms with E-state index in [-0.39, 0.29) is 24.5 Å². The van der Waals surface area contributed by atoms with E-state index >= 15 is 0 Å². The lowest BCUT2D eigenvalue weighted by molar-refractivity contribution is -0.165. The SMILES string of the molecule is CCOC(=O)C(C(=O)OCC)[C@@H](C)[C@@H]1CCCC(C)(C)C1. The van der Waals surface area contributed by atoms with Crippen molar-refractivity contribution in [1.82, 2.24) is 0 Å². The molecule has 0 N–H and O–H groups in total. The van der Waals surface area contributed by atoms with Gasteiger partial charge in [-0.25, -0.2) is 0 Å². The van der Waals surface area contributed by atoms with Crippen molar-refractivity contribution in [3.8, 4) is 0 Å². The van der Waals surface area contributed by atoms with E-state index in [1.54, 1.807) is 13.8 Å². The van der Waals surface area contributed by atoms with E-state index in [2.05, 4.69) is 13.8 Å². The Hall–Kier alpha value is -1.06. The third-order valence-electron chi connectivity index (χ3n) is 4.59. The van der Waals surface area contributed by atoms with E-state index in [1.807, 2.05) is 6.92 Å². The Labute approximate surface area is 128 Å². The fraction of sp³-hybridized carbons (Fsp3) is 0.882. The van der Waals surface area contributed by atoms with Crippen LogP contribution in [-0.4, -0.2) is 25.2 Å². The molecule has 0 amide bonds. The zero-order valence-electron chi connectivity index (χ0n) is 14.1. The number of carbonyl (C=O) groups is 2. The minimum absolute atomic E-state index is 0.0392. The standard InChI is InChI=1S/C17H30O4/c1-6-20-15(18)14(16(19)21-7-2)12(3)13-9-8-10-17(4,5)11-13/h12-14H,6-11H2,1-5H3/t12-,13+/m0/s1. The van der Waals surface area contributed by atoms with Crippen molar-refractivity contribution in [1.29, 1.82) is 0 Å². The van der Waals surface area contributed by atoms with E-state index in [0.29, 0.717) is 5.92 Å². The van der Waals surface area contributed by atoms with Crippen molar-refractivity contribution in [3.63, 3.8) is 0 Å². The van der Waals surface area contributed by atoms with Crippen LogP contribution in [0.1, 0.15) is 60.3 Å². The molecular weight excluding hydrogens is 268 g/mol. The summed E-state index contributed by atoms with van der Waals surface area (Å²) in [7, 11) is 0. The van der Waals surface area contributed by atoms with Crippen LogP contribution < -0.4 is 0 Å². The molecule has 1 aliphatic rings. The molecule has 1 fully saturated rings. The molecule has 2 atom stereocenters. The number of hydrogen-bond acceptors (Lipinski definition) is 4. The predicted molar refractivity (Wildman–Crippen MR) is 81.7 cm³/mol. The number of carbonyl (C=O) groups excluding carboxylic acids is 2. The van der Waals surface area contributed by atoms with Gasteiger partial charge in [0.05, 0.1) is 13.2 Å².